The van der Waals surface area contributed by atoms with Crippen molar-refractivity contribution < 1.29 is 19.1 Å². The minimum atomic E-state index is -2.01. The number of benzene rings is 2. The van der Waals surface area contributed by atoms with Gasteiger partial charge >= 0.3 is 0 Å². The lowest BCUT2D eigenvalue weighted by molar-refractivity contribution is -0.167. The molecule has 2 rings (SSSR count). The van der Waals surface area contributed by atoms with Crippen LogP contribution in [0.2, 0.25) is 0 Å². The normalized spacial score (nSPS) is 14.7. The Morgan fingerprint density at radius 3 is 2.00 bits per heavy atom. The molecule has 166 valence electrons. The van der Waals surface area contributed by atoms with Crippen molar-refractivity contribution in [3.63, 3.8) is 0 Å². The molecule has 2 unspecified atom stereocenters. The van der Waals surface area contributed by atoms with Gasteiger partial charge in [0.05, 0.1) is 0 Å². The fourth-order valence-corrected chi connectivity index (χ4v) is 4.51. The summed E-state index contributed by atoms with van der Waals surface area (Å²) >= 11 is 1.08. The third kappa shape index (κ3) is 5.45. The fourth-order valence-electron chi connectivity index (χ4n) is 3.51. The van der Waals surface area contributed by atoms with Crippen molar-refractivity contribution in [3.8, 4) is 0 Å². The molecule has 0 aliphatic carbocycles. The number of hydrogen-bond donors (Lipinski definition) is 3. The van der Waals surface area contributed by atoms with Gasteiger partial charge in [0.2, 0.25) is 17.5 Å². The van der Waals surface area contributed by atoms with E-state index in [0.29, 0.717) is 0 Å². The van der Waals surface area contributed by atoms with Crippen LogP contribution in [-0.2, 0) is 32.1 Å². The highest BCUT2D eigenvalue weighted by Gasteiger charge is 2.62. The second-order valence-electron chi connectivity index (χ2n) is 7.02. The second kappa shape index (κ2) is 11.0. The van der Waals surface area contributed by atoms with E-state index in [0.717, 1.165) is 22.9 Å². The summed E-state index contributed by atoms with van der Waals surface area (Å²) in [6.45, 7) is 3.23. The summed E-state index contributed by atoms with van der Waals surface area (Å²) < 4.78 is 4.31. The first-order valence-electron chi connectivity index (χ1n) is 9.95. The highest BCUT2D eigenvalue weighted by molar-refractivity contribution is 8.00. The third-order valence-corrected chi connectivity index (χ3v) is 6.27. The van der Waals surface area contributed by atoms with Crippen molar-refractivity contribution in [2.24, 2.45) is 5.73 Å². The topological polar surface area (TPSA) is 111 Å². The average molecular weight is 444 g/mol. The van der Waals surface area contributed by atoms with Crippen molar-refractivity contribution in [1.82, 2.24) is 10.6 Å². The summed E-state index contributed by atoms with van der Waals surface area (Å²) in [5.74, 6) is -1.92. The van der Waals surface area contributed by atoms with Crippen molar-refractivity contribution in [3.05, 3.63) is 71.8 Å². The van der Waals surface area contributed by atoms with Gasteiger partial charge in [-0.25, -0.2) is 0 Å². The summed E-state index contributed by atoms with van der Waals surface area (Å²) in [6, 6.07) is 18.5. The molecule has 0 bridgehead atoms. The molecule has 2 atom stereocenters. The quantitative estimate of drug-likeness (QED) is 0.460. The van der Waals surface area contributed by atoms with Gasteiger partial charge in [0.1, 0.15) is 0 Å². The van der Waals surface area contributed by atoms with Crippen molar-refractivity contribution >= 4 is 29.5 Å². The highest BCUT2D eigenvalue weighted by atomic mass is 32.2. The van der Waals surface area contributed by atoms with E-state index in [2.05, 4.69) is 10.6 Å². The molecule has 0 radical (unpaired) electrons. The second-order valence-corrected chi connectivity index (χ2v) is 8.13. The van der Waals surface area contributed by atoms with Gasteiger partial charge in [-0.2, -0.15) is 0 Å². The van der Waals surface area contributed by atoms with E-state index in [9.17, 15) is 14.4 Å². The van der Waals surface area contributed by atoms with Crippen LogP contribution in [-0.4, -0.2) is 41.1 Å². The van der Waals surface area contributed by atoms with E-state index in [1.165, 1.54) is 6.92 Å². The standard InChI is InChI=1S/C23H29N3O4S/c1-4-30-23(26-17(2)27,21(29)25-16-19-13-9-6-10-14-19)22(31-3,20(24)28)15-18-11-7-5-8-12-18/h5-14H,4,15-16H2,1-3H3,(H2,24,28)(H,25,29)(H,26,27). The molecule has 0 aromatic heterocycles. The molecule has 7 nitrogen and oxygen atoms in total. The number of nitrogens with one attached hydrogen (secondary N) is 2. The van der Waals surface area contributed by atoms with Crippen LogP contribution >= 0.6 is 11.8 Å². The van der Waals surface area contributed by atoms with Crippen molar-refractivity contribution in [2.75, 3.05) is 12.9 Å². The molecule has 0 aliphatic heterocycles. The summed E-state index contributed by atoms with van der Waals surface area (Å²) in [7, 11) is 0. The minimum absolute atomic E-state index is 0.0728. The lowest BCUT2D eigenvalue weighted by atomic mass is 9.85. The summed E-state index contributed by atoms with van der Waals surface area (Å²) in [4.78, 5) is 38.7. The first-order chi connectivity index (χ1) is 14.8. The number of primary amides is 1. The van der Waals surface area contributed by atoms with Crippen LogP contribution in [0.3, 0.4) is 0 Å². The number of nitrogens with two attached hydrogens (primary N) is 1. The number of carbonyl (C=O) groups is 3. The average Bonchev–Trinajstić information content (AvgIpc) is 2.76. The lowest BCUT2D eigenvalue weighted by Gasteiger charge is -2.46. The molecule has 0 saturated heterocycles. The number of ether oxygens (including phenoxy) is 1. The molecule has 4 N–H and O–H groups in total. The molecule has 0 saturated carbocycles. The fraction of sp³-hybridized carbons (Fsp3) is 0.348. The summed E-state index contributed by atoms with van der Waals surface area (Å²) in [5, 5.41) is 5.44. The molecule has 2 aromatic rings. The number of rotatable bonds is 11. The monoisotopic (exact) mass is 443 g/mol. The molecule has 0 heterocycles. The molecule has 0 aliphatic rings. The highest BCUT2D eigenvalue weighted by Crippen LogP contribution is 2.39. The zero-order valence-corrected chi connectivity index (χ0v) is 18.8. The number of amides is 3. The van der Waals surface area contributed by atoms with Crippen LogP contribution in [0.1, 0.15) is 25.0 Å². The minimum Gasteiger partial charge on any atom is -0.368 e. The number of carbonyl (C=O) groups excluding carboxylic acids is 3. The molecule has 2 aromatic carbocycles. The Balaban J connectivity index is 2.56. The van der Waals surface area contributed by atoms with Crippen LogP contribution < -0.4 is 16.4 Å². The predicted molar refractivity (Wildman–Crippen MR) is 122 cm³/mol. The van der Waals surface area contributed by atoms with Crippen LogP contribution in [0.15, 0.2) is 60.7 Å². The number of thioether (sulfide) groups is 1. The molecule has 0 spiro atoms. The van der Waals surface area contributed by atoms with E-state index in [4.69, 9.17) is 10.5 Å². The van der Waals surface area contributed by atoms with E-state index in [-0.39, 0.29) is 19.6 Å². The first-order valence-corrected chi connectivity index (χ1v) is 11.2. The number of hydrogen-bond acceptors (Lipinski definition) is 5. The Morgan fingerprint density at radius 1 is 1.00 bits per heavy atom. The van der Waals surface area contributed by atoms with E-state index < -0.39 is 28.2 Å². The summed E-state index contributed by atoms with van der Waals surface area (Å²) in [6.07, 6.45) is 1.76. The van der Waals surface area contributed by atoms with Gasteiger partial charge in [0.15, 0.2) is 4.75 Å². The lowest BCUT2D eigenvalue weighted by Crippen LogP contribution is -2.75. The van der Waals surface area contributed by atoms with Crippen LogP contribution in [0.5, 0.6) is 0 Å². The van der Waals surface area contributed by atoms with E-state index >= 15 is 0 Å². The predicted octanol–water partition coefficient (Wildman–Crippen LogP) is 2.00. The first kappa shape index (κ1) is 24.4. The molecule has 3 amide bonds. The Kier molecular flexibility index (Phi) is 8.65. The van der Waals surface area contributed by atoms with Gasteiger partial charge in [-0.05, 0) is 24.3 Å². The zero-order valence-electron chi connectivity index (χ0n) is 18.0. The van der Waals surface area contributed by atoms with Gasteiger partial charge in [0, 0.05) is 26.5 Å². The molecule has 8 heteroatoms. The van der Waals surface area contributed by atoms with Gasteiger partial charge in [-0.3, -0.25) is 14.4 Å². The summed E-state index contributed by atoms with van der Waals surface area (Å²) in [5.41, 5.74) is 5.53. The Labute approximate surface area is 187 Å². The Bertz CT molecular complexity index is 894. The Morgan fingerprint density at radius 2 is 1.55 bits per heavy atom. The Hall–Kier alpha value is -2.84. The van der Waals surface area contributed by atoms with Crippen LogP contribution in [0, 0.1) is 0 Å². The molecular formula is C23H29N3O4S. The van der Waals surface area contributed by atoms with Crippen LogP contribution in [0.25, 0.3) is 0 Å². The molecular weight excluding hydrogens is 414 g/mol. The van der Waals surface area contributed by atoms with E-state index in [1.54, 1.807) is 13.2 Å². The zero-order chi connectivity index (χ0) is 22.9. The van der Waals surface area contributed by atoms with Gasteiger partial charge in [-0.15, -0.1) is 11.8 Å². The maximum atomic E-state index is 13.6. The largest absolute Gasteiger partial charge is 0.368 e. The van der Waals surface area contributed by atoms with Crippen molar-refractivity contribution in [2.45, 2.75) is 37.3 Å². The maximum absolute atomic E-state index is 13.6. The molecule has 31 heavy (non-hydrogen) atoms. The van der Waals surface area contributed by atoms with Gasteiger partial charge in [0.25, 0.3) is 5.91 Å². The smallest absolute Gasteiger partial charge is 0.275 e. The maximum Gasteiger partial charge on any atom is 0.275 e. The molecule has 0 fully saturated rings. The van der Waals surface area contributed by atoms with Gasteiger partial charge in [-0.1, -0.05) is 60.7 Å². The van der Waals surface area contributed by atoms with E-state index in [1.807, 2.05) is 60.7 Å². The van der Waals surface area contributed by atoms with Gasteiger partial charge < -0.3 is 21.1 Å². The SMILES string of the molecule is CCOC(NC(C)=O)(C(=O)NCc1ccccc1)C(Cc1ccccc1)(SC)C(N)=O. The van der Waals surface area contributed by atoms with Crippen molar-refractivity contribution in [1.29, 1.82) is 0 Å². The van der Waals surface area contributed by atoms with Crippen LogP contribution in [0.4, 0.5) is 0 Å². The third-order valence-electron chi connectivity index (χ3n) is 4.94.